The van der Waals surface area contributed by atoms with E-state index in [4.69, 9.17) is 5.41 Å². The van der Waals surface area contributed by atoms with E-state index in [2.05, 4.69) is 13.8 Å². The van der Waals surface area contributed by atoms with E-state index in [0.717, 1.165) is 25.0 Å². The van der Waals surface area contributed by atoms with Crippen LogP contribution in [0.1, 0.15) is 51.9 Å². The van der Waals surface area contributed by atoms with Crippen molar-refractivity contribution in [2.24, 2.45) is 0 Å². The van der Waals surface area contributed by atoms with E-state index in [1.165, 1.54) is 25.7 Å². The normalized spacial score (nSPS) is 9.17. The third-order valence-corrected chi connectivity index (χ3v) is 1.81. The molecule has 0 saturated heterocycles. The molecule has 0 atom stereocenters. The summed E-state index contributed by atoms with van der Waals surface area (Å²) in [5.41, 5.74) is 0.885. The molecule has 0 heterocycles. The molecule has 0 aliphatic heterocycles. The van der Waals surface area contributed by atoms with Gasteiger partial charge in [0.15, 0.2) is 0 Å². The monoisotopic (exact) mass is 162 g/mol. The summed E-state index contributed by atoms with van der Waals surface area (Å²) in [5, 5.41) is 7.48. The topological polar surface area (TPSA) is 23.9 Å². The fraction of sp³-hybridized carbons (Fsp3) is 0.800. The summed E-state index contributed by atoms with van der Waals surface area (Å²) in [6, 6.07) is 0. The Labute approximate surface area is 89.0 Å². The van der Waals surface area contributed by atoms with Crippen molar-refractivity contribution in [2.45, 2.75) is 51.9 Å². The fourth-order valence-corrected chi connectivity index (χ4v) is 1.10. The van der Waals surface area contributed by atoms with Crippen LogP contribution in [0.15, 0.2) is 0 Å². The molecular formula is C10H21LiN. The third-order valence-electron chi connectivity index (χ3n) is 1.81. The van der Waals surface area contributed by atoms with Gasteiger partial charge in [0, 0.05) is 5.71 Å². The van der Waals surface area contributed by atoms with Gasteiger partial charge in [-0.2, -0.15) is 0 Å². The van der Waals surface area contributed by atoms with E-state index in [0.29, 0.717) is 0 Å². The molecular weight excluding hydrogens is 141 g/mol. The Morgan fingerprint density at radius 2 is 1.83 bits per heavy atom. The van der Waals surface area contributed by atoms with Crippen LogP contribution in [-0.2, 0) is 0 Å². The van der Waals surface area contributed by atoms with E-state index in [9.17, 15) is 0 Å². The van der Waals surface area contributed by atoms with E-state index >= 15 is 0 Å². The molecule has 0 fully saturated rings. The third kappa shape index (κ3) is 10.3. The van der Waals surface area contributed by atoms with Crippen LogP contribution in [0.3, 0.4) is 0 Å². The summed E-state index contributed by atoms with van der Waals surface area (Å²) in [6.07, 6.45) is 7.86. The number of hydrogen-bond acceptors (Lipinski definition) is 1. The van der Waals surface area contributed by atoms with Crippen LogP contribution in [0.25, 0.3) is 0 Å². The van der Waals surface area contributed by atoms with Crippen molar-refractivity contribution in [3.63, 3.8) is 0 Å². The first-order chi connectivity index (χ1) is 5.31. The van der Waals surface area contributed by atoms with Crippen LogP contribution in [0.2, 0.25) is 0 Å². The standard InChI is InChI=1S/C10H20N.Li.H/c1-3-5-6-7-9-10(11)8-4-2;;/h11H,2-9H2,1H3;;. The Kier molecular flexibility index (Phi) is 13.9. The van der Waals surface area contributed by atoms with Crippen molar-refractivity contribution in [2.75, 3.05) is 0 Å². The summed E-state index contributed by atoms with van der Waals surface area (Å²) in [7, 11) is 0. The van der Waals surface area contributed by atoms with Crippen LogP contribution < -0.4 is 0 Å². The van der Waals surface area contributed by atoms with Crippen LogP contribution in [0.4, 0.5) is 0 Å². The molecule has 0 aromatic rings. The molecule has 67 valence electrons. The van der Waals surface area contributed by atoms with Gasteiger partial charge in [-0.1, -0.05) is 33.1 Å². The molecule has 2 heteroatoms. The first kappa shape index (κ1) is 14.8. The fourth-order valence-electron chi connectivity index (χ4n) is 1.10. The Balaban J connectivity index is 0. The second-order valence-electron chi connectivity index (χ2n) is 3.02. The van der Waals surface area contributed by atoms with Gasteiger partial charge in [0.05, 0.1) is 0 Å². The van der Waals surface area contributed by atoms with Gasteiger partial charge in [-0.3, -0.25) is 0 Å². The minimum absolute atomic E-state index is 0. The zero-order valence-electron chi connectivity index (χ0n) is 7.66. The van der Waals surface area contributed by atoms with Gasteiger partial charge in [-0.25, -0.2) is 0 Å². The molecule has 1 N–H and O–H groups in total. The van der Waals surface area contributed by atoms with E-state index in [1.54, 1.807) is 0 Å². The molecule has 0 spiro atoms. The second kappa shape index (κ2) is 11.3. The van der Waals surface area contributed by atoms with E-state index in [1.807, 2.05) is 0 Å². The average molecular weight is 162 g/mol. The van der Waals surface area contributed by atoms with E-state index < -0.39 is 0 Å². The van der Waals surface area contributed by atoms with Gasteiger partial charge in [0.1, 0.15) is 0 Å². The Morgan fingerprint density at radius 1 is 1.17 bits per heavy atom. The number of hydrogen-bond donors (Lipinski definition) is 1. The Morgan fingerprint density at radius 3 is 2.33 bits per heavy atom. The predicted octanol–water partition coefficient (Wildman–Crippen LogP) is 2.94. The van der Waals surface area contributed by atoms with E-state index in [-0.39, 0.29) is 18.9 Å². The van der Waals surface area contributed by atoms with Gasteiger partial charge in [-0.05, 0) is 25.7 Å². The molecule has 0 aromatic heterocycles. The quantitative estimate of drug-likeness (QED) is 0.338. The number of rotatable bonds is 7. The van der Waals surface area contributed by atoms with Gasteiger partial charge < -0.3 is 5.41 Å². The first-order valence-corrected chi connectivity index (χ1v) is 4.66. The van der Waals surface area contributed by atoms with Crippen molar-refractivity contribution >= 4 is 24.6 Å². The maximum absolute atomic E-state index is 7.48. The molecule has 0 rings (SSSR count). The van der Waals surface area contributed by atoms with Crippen molar-refractivity contribution in [1.29, 1.82) is 5.41 Å². The molecule has 0 saturated carbocycles. The van der Waals surface area contributed by atoms with Crippen molar-refractivity contribution < 1.29 is 0 Å². The average Bonchev–Trinajstić information content (AvgIpc) is 1.99. The van der Waals surface area contributed by atoms with Crippen molar-refractivity contribution in [1.82, 2.24) is 0 Å². The zero-order valence-corrected chi connectivity index (χ0v) is 7.66. The van der Waals surface area contributed by atoms with Crippen molar-refractivity contribution in [3.05, 3.63) is 6.92 Å². The Hall–Kier alpha value is 0.267. The van der Waals surface area contributed by atoms with Gasteiger partial charge in [-0.15, -0.1) is 0 Å². The number of unbranched alkanes of at least 4 members (excludes halogenated alkanes) is 3. The molecule has 0 unspecified atom stereocenters. The molecule has 0 amide bonds. The molecule has 0 aliphatic carbocycles. The summed E-state index contributed by atoms with van der Waals surface area (Å²) in [5.74, 6) is 0. The van der Waals surface area contributed by atoms with Gasteiger partial charge >= 0.3 is 18.9 Å². The molecule has 0 aromatic carbocycles. The van der Waals surface area contributed by atoms with Crippen LogP contribution >= 0.6 is 0 Å². The summed E-state index contributed by atoms with van der Waals surface area (Å²) in [4.78, 5) is 0. The molecule has 1 nitrogen and oxygen atoms in total. The van der Waals surface area contributed by atoms with Gasteiger partial charge in [0.2, 0.25) is 0 Å². The van der Waals surface area contributed by atoms with Gasteiger partial charge in [0.25, 0.3) is 0 Å². The molecule has 1 radical (unpaired) electrons. The van der Waals surface area contributed by atoms with Crippen LogP contribution in [0, 0.1) is 12.3 Å². The maximum atomic E-state index is 7.48. The second-order valence-corrected chi connectivity index (χ2v) is 3.02. The first-order valence-electron chi connectivity index (χ1n) is 4.66. The van der Waals surface area contributed by atoms with Crippen molar-refractivity contribution in [3.8, 4) is 0 Å². The predicted molar refractivity (Wildman–Crippen MR) is 58.2 cm³/mol. The summed E-state index contributed by atoms with van der Waals surface area (Å²) < 4.78 is 0. The summed E-state index contributed by atoms with van der Waals surface area (Å²) >= 11 is 0. The molecule has 12 heavy (non-hydrogen) atoms. The Bertz CT molecular complexity index is 102. The van der Waals surface area contributed by atoms with Crippen LogP contribution in [0.5, 0.6) is 0 Å². The molecule has 0 aliphatic rings. The molecule has 0 bridgehead atoms. The number of nitrogens with one attached hydrogen (secondary N) is 1. The SMILES string of the molecule is [CH2]CCC(=N)CCCCCC.[LiH]. The zero-order chi connectivity index (χ0) is 8.53. The minimum atomic E-state index is 0. The summed E-state index contributed by atoms with van der Waals surface area (Å²) in [6.45, 7) is 5.94. The van der Waals surface area contributed by atoms with Crippen LogP contribution in [-0.4, -0.2) is 24.6 Å².